The van der Waals surface area contributed by atoms with Gasteiger partial charge in [-0.1, -0.05) is 0 Å². The van der Waals surface area contributed by atoms with E-state index in [1.54, 1.807) is 0 Å². The summed E-state index contributed by atoms with van der Waals surface area (Å²) in [5.74, 6) is 0. The predicted molar refractivity (Wildman–Crippen MR) is 60.1 cm³/mol. The summed E-state index contributed by atoms with van der Waals surface area (Å²) < 4.78 is 6.71. The van der Waals surface area contributed by atoms with Crippen molar-refractivity contribution in [1.82, 2.24) is 9.55 Å². The number of halogens is 1. The molecule has 84 valence electrons. The smallest absolute Gasteiger partial charge is 0.328 e. The van der Waals surface area contributed by atoms with E-state index >= 15 is 0 Å². The number of H-pyrrole nitrogens is 1. The molecule has 0 aliphatic heterocycles. The second-order valence-corrected chi connectivity index (χ2v) is 4.17. The Hall–Kier alpha value is -0.880. The standard InChI is InChI=1S/C9H13BrN2O3/c1-6(2)15-4-3-12-8(13)7(10)5-11-9(12)14/h5-6H,3-4H2,1-2H3,(H,11,14). The first-order valence-corrected chi connectivity index (χ1v) is 5.41. The minimum Gasteiger partial charge on any atom is -0.377 e. The number of rotatable bonds is 4. The number of aromatic nitrogens is 2. The lowest BCUT2D eigenvalue weighted by Crippen LogP contribution is -2.36. The largest absolute Gasteiger partial charge is 0.377 e. The molecule has 0 radical (unpaired) electrons. The third-order valence-corrected chi connectivity index (χ3v) is 2.35. The molecule has 0 aliphatic rings. The van der Waals surface area contributed by atoms with Crippen molar-refractivity contribution in [3.8, 4) is 0 Å². The number of ether oxygens (including phenoxy) is 1. The van der Waals surface area contributed by atoms with Crippen molar-refractivity contribution in [2.75, 3.05) is 6.61 Å². The van der Waals surface area contributed by atoms with Crippen molar-refractivity contribution in [3.05, 3.63) is 31.5 Å². The summed E-state index contributed by atoms with van der Waals surface area (Å²) >= 11 is 3.06. The van der Waals surface area contributed by atoms with E-state index < -0.39 is 5.69 Å². The first-order chi connectivity index (χ1) is 7.02. The maximum absolute atomic E-state index is 11.5. The van der Waals surface area contributed by atoms with Crippen LogP contribution in [0.1, 0.15) is 13.8 Å². The van der Waals surface area contributed by atoms with E-state index in [9.17, 15) is 9.59 Å². The van der Waals surface area contributed by atoms with E-state index in [0.29, 0.717) is 11.1 Å². The highest BCUT2D eigenvalue weighted by Gasteiger charge is 2.04. The fraction of sp³-hybridized carbons (Fsp3) is 0.556. The minimum absolute atomic E-state index is 0.0898. The third kappa shape index (κ3) is 3.32. The van der Waals surface area contributed by atoms with E-state index in [4.69, 9.17) is 4.74 Å². The second-order valence-electron chi connectivity index (χ2n) is 3.32. The summed E-state index contributed by atoms with van der Waals surface area (Å²) in [4.78, 5) is 25.3. The molecule has 0 fully saturated rings. The zero-order valence-electron chi connectivity index (χ0n) is 8.62. The van der Waals surface area contributed by atoms with Crippen LogP contribution in [-0.4, -0.2) is 22.3 Å². The number of nitrogens with one attached hydrogen (secondary N) is 1. The summed E-state index contributed by atoms with van der Waals surface area (Å²) in [5, 5.41) is 0. The molecule has 0 bridgehead atoms. The van der Waals surface area contributed by atoms with E-state index in [1.165, 1.54) is 6.20 Å². The van der Waals surface area contributed by atoms with Gasteiger partial charge in [0, 0.05) is 6.20 Å². The number of nitrogens with zero attached hydrogens (tertiary/aromatic N) is 1. The molecule has 1 heterocycles. The van der Waals surface area contributed by atoms with Crippen LogP contribution in [0, 0.1) is 0 Å². The molecule has 1 aromatic rings. The molecule has 0 aromatic carbocycles. The van der Waals surface area contributed by atoms with Gasteiger partial charge in [0.1, 0.15) is 0 Å². The van der Waals surface area contributed by atoms with Gasteiger partial charge in [0.2, 0.25) is 0 Å². The third-order valence-electron chi connectivity index (χ3n) is 1.78. The highest BCUT2D eigenvalue weighted by molar-refractivity contribution is 9.10. The van der Waals surface area contributed by atoms with Gasteiger partial charge in [-0.3, -0.25) is 9.36 Å². The molecule has 15 heavy (non-hydrogen) atoms. The lowest BCUT2D eigenvalue weighted by Gasteiger charge is -2.08. The van der Waals surface area contributed by atoms with Crippen LogP contribution < -0.4 is 11.2 Å². The summed E-state index contributed by atoms with van der Waals surface area (Å²) in [6.45, 7) is 4.39. The van der Waals surface area contributed by atoms with Crippen molar-refractivity contribution in [2.45, 2.75) is 26.5 Å². The Morgan fingerprint density at radius 1 is 1.53 bits per heavy atom. The lowest BCUT2D eigenvalue weighted by molar-refractivity contribution is 0.0715. The maximum Gasteiger partial charge on any atom is 0.328 e. The molecule has 6 heteroatoms. The van der Waals surface area contributed by atoms with Gasteiger partial charge >= 0.3 is 5.69 Å². The molecule has 1 rings (SSSR count). The molecule has 0 spiro atoms. The van der Waals surface area contributed by atoms with Gasteiger partial charge in [-0.2, -0.15) is 0 Å². The number of hydrogen-bond donors (Lipinski definition) is 1. The van der Waals surface area contributed by atoms with Crippen LogP contribution in [0.4, 0.5) is 0 Å². The predicted octanol–water partition coefficient (Wildman–Crippen LogP) is 0.724. The average Bonchev–Trinajstić information content (AvgIpc) is 2.17. The van der Waals surface area contributed by atoms with E-state index in [1.807, 2.05) is 13.8 Å². The van der Waals surface area contributed by atoms with Gasteiger partial charge in [0.15, 0.2) is 0 Å². The fourth-order valence-electron chi connectivity index (χ4n) is 1.07. The summed E-state index contributed by atoms with van der Waals surface area (Å²) in [5.41, 5.74) is -0.762. The molecular weight excluding hydrogens is 264 g/mol. The zero-order chi connectivity index (χ0) is 11.4. The first kappa shape index (κ1) is 12.2. The molecule has 0 saturated heterocycles. The van der Waals surface area contributed by atoms with Gasteiger partial charge in [0.25, 0.3) is 5.56 Å². The van der Waals surface area contributed by atoms with E-state index in [2.05, 4.69) is 20.9 Å². The molecule has 1 N–H and O–H groups in total. The van der Waals surface area contributed by atoms with Crippen LogP contribution in [0.25, 0.3) is 0 Å². The maximum atomic E-state index is 11.5. The monoisotopic (exact) mass is 276 g/mol. The van der Waals surface area contributed by atoms with E-state index in [0.717, 1.165) is 4.57 Å². The molecular formula is C9H13BrN2O3. The Labute approximate surface area is 95.2 Å². The number of hydrogen-bond acceptors (Lipinski definition) is 3. The second kappa shape index (κ2) is 5.27. The van der Waals surface area contributed by atoms with Crippen molar-refractivity contribution >= 4 is 15.9 Å². The van der Waals surface area contributed by atoms with Crippen molar-refractivity contribution < 1.29 is 4.74 Å². The SMILES string of the molecule is CC(C)OCCn1c(=O)[nH]cc(Br)c1=O. The normalized spacial score (nSPS) is 10.9. The van der Waals surface area contributed by atoms with Crippen molar-refractivity contribution in [3.63, 3.8) is 0 Å². The average molecular weight is 277 g/mol. The minimum atomic E-state index is -0.421. The Kier molecular flexibility index (Phi) is 4.28. The summed E-state index contributed by atoms with van der Waals surface area (Å²) in [6.07, 6.45) is 1.43. The Morgan fingerprint density at radius 2 is 2.20 bits per heavy atom. The van der Waals surface area contributed by atoms with E-state index in [-0.39, 0.29) is 18.2 Å². The van der Waals surface area contributed by atoms with Crippen LogP contribution >= 0.6 is 15.9 Å². The van der Waals surface area contributed by atoms with Crippen LogP contribution in [-0.2, 0) is 11.3 Å². The van der Waals surface area contributed by atoms with Gasteiger partial charge in [-0.25, -0.2) is 4.79 Å². The highest BCUT2D eigenvalue weighted by Crippen LogP contribution is 1.96. The Morgan fingerprint density at radius 3 is 2.80 bits per heavy atom. The molecule has 0 saturated carbocycles. The highest BCUT2D eigenvalue weighted by atomic mass is 79.9. The van der Waals surface area contributed by atoms with Crippen molar-refractivity contribution in [2.24, 2.45) is 0 Å². The number of aromatic amines is 1. The fourth-order valence-corrected chi connectivity index (χ4v) is 1.40. The quantitative estimate of drug-likeness (QED) is 0.882. The Balaban J connectivity index is 2.81. The molecule has 5 nitrogen and oxygen atoms in total. The molecule has 0 amide bonds. The topological polar surface area (TPSA) is 64.1 Å². The van der Waals surface area contributed by atoms with Crippen LogP contribution in [0.5, 0.6) is 0 Å². The van der Waals surface area contributed by atoms with Crippen molar-refractivity contribution in [1.29, 1.82) is 0 Å². The molecule has 0 aliphatic carbocycles. The lowest BCUT2D eigenvalue weighted by atomic mass is 10.5. The first-order valence-electron chi connectivity index (χ1n) is 4.62. The van der Waals surface area contributed by atoms with Gasteiger partial charge in [-0.15, -0.1) is 0 Å². The zero-order valence-corrected chi connectivity index (χ0v) is 10.2. The van der Waals surface area contributed by atoms with Crippen LogP contribution in [0.3, 0.4) is 0 Å². The molecule has 1 aromatic heterocycles. The van der Waals surface area contributed by atoms with Crippen LogP contribution in [0.15, 0.2) is 20.3 Å². The molecule has 0 unspecified atom stereocenters. The summed E-state index contributed by atoms with van der Waals surface area (Å²) in [6, 6.07) is 0. The van der Waals surface area contributed by atoms with Gasteiger partial charge in [0.05, 0.1) is 23.7 Å². The Bertz CT molecular complexity index is 436. The van der Waals surface area contributed by atoms with Gasteiger partial charge < -0.3 is 9.72 Å². The van der Waals surface area contributed by atoms with Gasteiger partial charge in [-0.05, 0) is 29.8 Å². The van der Waals surface area contributed by atoms with Crippen LogP contribution in [0.2, 0.25) is 0 Å². The molecule has 0 atom stereocenters. The summed E-state index contributed by atoms with van der Waals surface area (Å²) in [7, 11) is 0.